The molecule has 1 saturated carbocycles. The number of nitrogens with zero attached hydrogens (tertiary/aromatic N) is 1. The van der Waals surface area contributed by atoms with E-state index in [1.54, 1.807) is 36.6 Å². The van der Waals surface area contributed by atoms with Crippen LogP contribution in [-0.2, 0) is 17.6 Å². The zero-order valence-corrected chi connectivity index (χ0v) is 21.5. The first-order chi connectivity index (χ1) is 17.6. The van der Waals surface area contributed by atoms with Gasteiger partial charge in [-0.2, -0.15) is 0 Å². The Morgan fingerprint density at radius 2 is 1.94 bits per heavy atom. The molecule has 0 saturated heterocycles. The van der Waals surface area contributed by atoms with Gasteiger partial charge in [0.2, 0.25) is 0 Å². The Balaban J connectivity index is 1.37. The molecule has 2 aliphatic carbocycles. The van der Waals surface area contributed by atoms with Crippen LogP contribution in [-0.4, -0.2) is 30.7 Å². The van der Waals surface area contributed by atoms with Crippen molar-refractivity contribution in [2.24, 2.45) is 4.99 Å². The van der Waals surface area contributed by atoms with Gasteiger partial charge in [-0.3, -0.25) is 4.79 Å². The van der Waals surface area contributed by atoms with E-state index in [-0.39, 0.29) is 17.9 Å². The molecule has 7 heteroatoms. The fourth-order valence-corrected chi connectivity index (χ4v) is 6.33. The average Bonchev–Trinajstić information content (AvgIpc) is 3.53. The number of hydrogen-bond acceptors (Lipinski definition) is 6. The maximum Gasteiger partial charge on any atom is 0.338 e. The molecule has 0 atom stereocenters. The van der Waals surface area contributed by atoms with Crippen molar-refractivity contribution in [3.63, 3.8) is 0 Å². The van der Waals surface area contributed by atoms with Crippen LogP contribution >= 0.6 is 11.3 Å². The Labute approximate surface area is 215 Å². The molecule has 0 spiro atoms. The standard InChI is InChI=1S/C29H32N2O4S/c1-2-34-29(33)20-10-8-9-19(17-20)24-16-15-22(35-24)18-30-28-26(23-13-6-7-14-25(23)36-28)27(32)31-21-11-4-3-5-12-21/h8-10,15-18,21H,2-7,11-14H2,1H3,(H,31,32)/b30-18-. The number of aryl methyl sites for hydroxylation is 1. The highest BCUT2D eigenvalue weighted by molar-refractivity contribution is 7.16. The molecule has 1 aromatic carbocycles. The molecule has 2 heterocycles. The molecule has 0 aliphatic heterocycles. The summed E-state index contributed by atoms with van der Waals surface area (Å²) < 4.78 is 11.1. The number of aliphatic imine (C=N–C) groups is 1. The Bertz CT molecular complexity index is 1270. The number of furan rings is 1. The zero-order chi connectivity index (χ0) is 24.9. The lowest BCUT2D eigenvalue weighted by atomic mass is 9.93. The van der Waals surface area contributed by atoms with Gasteiger partial charge in [0.25, 0.3) is 5.91 Å². The van der Waals surface area contributed by atoms with Crippen molar-refractivity contribution < 1.29 is 18.7 Å². The second kappa shape index (κ2) is 11.2. The number of thiophene rings is 1. The van der Waals surface area contributed by atoms with Gasteiger partial charge in [-0.15, -0.1) is 11.3 Å². The quantitative estimate of drug-likeness (QED) is 0.281. The molecule has 2 aromatic heterocycles. The van der Waals surface area contributed by atoms with Crippen LogP contribution in [0.1, 0.15) is 88.8 Å². The molecule has 6 nitrogen and oxygen atoms in total. The first-order valence-electron chi connectivity index (χ1n) is 13.0. The lowest BCUT2D eigenvalue weighted by molar-refractivity contribution is 0.0526. The van der Waals surface area contributed by atoms with Gasteiger partial charge in [-0.1, -0.05) is 31.4 Å². The highest BCUT2D eigenvalue weighted by atomic mass is 32.1. The van der Waals surface area contributed by atoms with E-state index in [0.717, 1.165) is 54.7 Å². The summed E-state index contributed by atoms with van der Waals surface area (Å²) in [6, 6.07) is 11.2. The smallest absolute Gasteiger partial charge is 0.338 e. The van der Waals surface area contributed by atoms with E-state index in [0.29, 0.717) is 23.7 Å². The molecule has 0 bridgehead atoms. The van der Waals surface area contributed by atoms with Crippen molar-refractivity contribution in [1.82, 2.24) is 5.32 Å². The summed E-state index contributed by atoms with van der Waals surface area (Å²) in [4.78, 5) is 31.5. The van der Waals surface area contributed by atoms with E-state index in [2.05, 4.69) is 5.32 Å². The molecular weight excluding hydrogens is 472 g/mol. The summed E-state index contributed by atoms with van der Waals surface area (Å²) in [7, 11) is 0. The van der Waals surface area contributed by atoms with Crippen LogP contribution in [0.5, 0.6) is 0 Å². The highest BCUT2D eigenvalue weighted by Crippen LogP contribution is 2.40. The zero-order valence-electron chi connectivity index (χ0n) is 20.7. The Morgan fingerprint density at radius 1 is 1.11 bits per heavy atom. The summed E-state index contributed by atoms with van der Waals surface area (Å²) >= 11 is 1.63. The lowest BCUT2D eigenvalue weighted by Crippen LogP contribution is -2.36. The SMILES string of the molecule is CCOC(=O)c1cccc(-c2ccc(/C=N\c3sc4c(c3C(=O)NC3CCCCC3)CCCC4)o2)c1. The lowest BCUT2D eigenvalue weighted by Gasteiger charge is -2.23. The van der Waals surface area contributed by atoms with Gasteiger partial charge in [0.15, 0.2) is 0 Å². The topological polar surface area (TPSA) is 80.9 Å². The van der Waals surface area contributed by atoms with Crippen LogP contribution in [0.3, 0.4) is 0 Å². The highest BCUT2D eigenvalue weighted by Gasteiger charge is 2.27. The van der Waals surface area contributed by atoms with Crippen LogP contribution in [0.2, 0.25) is 0 Å². The van der Waals surface area contributed by atoms with Crippen LogP contribution < -0.4 is 5.32 Å². The average molecular weight is 505 g/mol. The van der Waals surface area contributed by atoms with Gasteiger partial charge >= 0.3 is 5.97 Å². The van der Waals surface area contributed by atoms with Crippen molar-refractivity contribution in [3.8, 4) is 11.3 Å². The molecule has 1 amide bonds. The summed E-state index contributed by atoms with van der Waals surface area (Å²) in [5.41, 5.74) is 3.21. The van der Waals surface area contributed by atoms with Gasteiger partial charge in [0.05, 0.1) is 23.9 Å². The molecule has 5 rings (SSSR count). The van der Waals surface area contributed by atoms with Crippen LogP contribution in [0, 0.1) is 0 Å². The van der Waals surface area contributed by atoms with Crippen molar-refractivity contribution in [1.29, 1.82) is 0 Å². The number of fused-ring (bicyclic) bond motifs is 1. The van der Waals surface area contributed by atoms with Crippen LogP contribution in [0.25, 0.3) is 11.3 Å². The minimum atomic E-state index is -0.353. The number of carbonyl (C=O) groups excluding carboxylic acids is 2. The van der Waals surface area contributed by atoms with Crippen LogP contribution in [0.4, 0.5) is 5.00 Å². The minimum absolute atomic E-state index is 0.0179. The van der Waals surface area contributed by atoms with Crippen molar-refractivity contribution >= 4 is 34.4 Å². The number of benzene rings is 1. The maximum atomic E-state index is 13.4. The second-order valence-electron chi connectivity index (χ2n) is 9.46. The Kier molecular flexibility index (Phi) is 7.66. The maximum absolute atomic E-state index is 13.4. The molecule has 1 fully saturated rings. The third kappa shape index (κ3) is 5.46. The van der Waals surface area contributed by atoms with Gasteiger partial charge in [0, 0.05) is 16.5 Å². The monoisotopic (exact) mass is 504 g/mol. The third-order valence-electron chi connectivity index (χ3n) is 6.91. The molecule has 2 aliphatic rings. The van der Waals surface area contributed by atoms with E-state index in [4.69, 9.17) is 14.1 Å². The van der Waals surface area contributed by atoms with Gasteiger partial charge < -0.3 is 14.5 Å². The first-order valence-corrected chi connectivity index (χ1v) is 13.8. The van der Waals surface area contributed by atoms with E-state index < -0.39 is 0 Å². The fourth-order valence-electron chi connectivity index (χ4n) is 5.09. The molecule has 36 heavy (non-hydrogen) atoms. The normalized spacial score (nSPS) is 16.1. The predicted molar refractivity (Wildman–Crippen MR) is 143 cm³/mol. The number of nitrogens with one attached hydrogen (secondary N) is 1. The second-order valence-corrected chi connectivity index (χ2v) is 10.5. The Morgan fingerprint density at radius 3 is 2.78 bits per heavy atom. The number of esters is 1. The largest absolute Gasteiger partial charge is 0.462 e. The molecular formula is C29H32N2O4S. The molecule has 1 N–H and O–H groups in total. The third-order valence-corrected chi connectivity index (χ3v) is 8.11. The summed E-state index contributed by atoms with van der Waals surface area (Å²) in [5.74, 6) is 0.901. The van der Waals surface area contributed by atoms with E-state index in [9.17, 15) is 9.59 Å². The van der Waals surface area contributed by atoms with Crippen molar-refractivity contribution in [3.05, 3.63) is 63.7 Å². The van der Waals surface area contributed by atoms with Crippen LogP contribution in [0.15, 0.2) is 45.8 Å². The number of amides is 1. The summed E-state index contributed by atoms with van der Waals surface area (Å²) in [6.45, 7) is 2.12. The first kappa shape index (κ1) is 24.5. The molecule has 3 aromatic rings. The van der Waals surface area contributed by atoms with Crippen molar-refractivity contribution in [2.45, 2.75) is 70.8 Å². The molecule has 0 radical (unpaired) electrons. The van der Waals surface area contributed by atoms with Crippen molar-refractivity contribution in [2.75, 3.05) is 6.61 Å². The van der Waals surface area contributed by atoms with Gasteiger partial charge in [0.1, 0.15) is 16.5 Å². The number of carbonyl (C=O) groups is 2. The molecule has 0 unspecified atom stereocenters. The molecule has 188 valence electrons. The number of hydrogen-bond donors (Lipinski definition) is 1. The number of rotatable bonds is 7. The van der Waals surface area contributed by atoms with E-state index in [1.807, 2.05) is 24.3 Å². The van der Waals surface area contributed by atoms with Gasteiger partial charge in [-0.25, -0.2) is 9.79 Å². The summed E-state index contributed by atoms with van der Waals surface area (Å²) in [5, 5.41) is 4.05. The van der Waals surface area contributed by atoms with Gasteiger partial charge in [-0.05, 0) is 75.3 Å². The number of ether oxygens (including phenoxy) is 1. The van der Waals surface area contributed by atoms with E-state index in [1.165, 1.54) is 29.7 Å². The predicted octanol–water partition coefficient (Wildman–Crippen LogP) is 6.88. The minimum Gasteiger partial charge on any atom is -0.462 e. The Hall–Kier alpha value is -3.19. The summed E-state index contributed by atoms with van der Waals surface area (Å²) in [6.07, 6.45) is 11.7. The fraction of sp³-hybridized carbons (Fsp3) is 0.414. The van der Waals surface area contributed by atoms with E-state index >= 15 is 0 Å².